The van der Waals surface area contributed by atoms with E-state index >= 15 is 0 Å². The SMILES string of the molecule is Cc1ccc(N)cc1C(=O)Nc1c(Cl)ncnc1Cl. The minimum Gasteiger partial charge on any atom is -0.399 e. The minimum atomic E-state index is -0.372. The lowest BCUT2D eigenvalue weighted by Crippen LogP contribution is -2.15. The van der Waals surface area contributed by atoms with E-state index < -0.39 is 0 Å². The highest BCUT2D eigenvalue weighted by atomic mass is 35.5. The number of carbonyl (C=O) groups excluding carboxylic acids is 1. The van der Waals surface area contributed by atoms with E-state index in [0.717, 1.165) is 5.56 Å². The maximum atomic E-state index is 12.2. The third-order valence-corrected chi connectivity index (χ3v) is 3.07. The van der Waals surface area contributed by atoms with Gasteiger partial charge in [0, 0.05) is 11.3 Å². The number of aromatic nitrogens is 2. The number of aryl methyl sites for hydroxylation is 1. The molecule has 2 aromatic rings. The first-order valence-corrected chi connectivity index (χ1v) is 6.08. The van der Waals surface area contributed by atoms with Crippen molar-refractivity contribution in [3.63, 3.8) is 0 Å². The molecular formula is C12H10Cl2N4O. The number of nitrogens with one attached hydrogen (secondary N) is 1. The Morgan fingerprint density at radius 2 is 1.89 bits per heavy atom. The van der Waals surface area contributed by atoms with E-state index in [2.05, 4.69) is 15.3 Å². The summed E-state index contributed by atoms with van der Waals surface area (Å²) in [6, 6.07) is 5.06. The van der Waals surface area contributed by atoms with Crippen LogP contribution in [0.2, 0.25) is 10.3 Å². The molecule has 0 atom stereocenters. The molecule has 0 spiro atoms. The van der Waals surface area contributed by atoms with Crippen LogP contribution >= 0.6 is 23.2 Å². The fourth-order valence-electron chi connectivity index (χ4n) is 1.51. The van der Waals surface area contributed by atoms with Gasteiger partial charge in [-0.2, -0.15) is 0 Å². The lowest BCUT2D eigenvalue weighted by Gasteiger charge is -2.10. The number of anilines is 2. The highest BCUT2D eigenvalue weighted by Gasteiger charge is 2.15. The number of nitrogens with zero attached hydrogens (tertiary/aromatic N) is 2. The molecule has 7 heteroatoms. The summed E-state index contributed by atoms with van der Waals surface area (Å²) in [6.45, 7) is 1.80. The molecule has 0 aliphatic heterocycles. The second-order valence-corrected chi connectivity index (χ2v) is 4.57. The lowest BCUT2D eigenvalue weighted by atomic mass is 10.1. The molecule has 0 unspecified atom stereocenters. The lowest BCUT2D eigenvalue weighted by molar-refractivity contribution is 0.102. The summed E-state index contributed by atoms with van der Waals surface area (Å²) in [5, 5.41) is 2.74. The molecule has 0 aliphatic rings. The third kappa shape index (κ3) is 2.94. The molecule has 1 aromatic carbocycles. The van der Waals surface area contributed by atoms with Gasteiger partial charge in [-0.1, -0.05) is 29.3 Å². The Morgan fingerprint density at radius 3 is 2.53 bits per heavy atom. The largest absolute Gasteiger partial charge is 0.399 e. The van der Waals surface area contributed by atoms with Gasteiger partial charge in [0.1, 0.15) is 12.0 Å². The second kappa shape index (κ2) is 5.42. The van der Waals surface area contributed by atoms with E-state index in [-0.39, 0.29) is 21.9 Å². The number of halogens is 2. The Morgan fingerprint density at radius 1 is 1.26 bits per heavy atom. The molecule has 1 aromatic heterocycles. The van der Waals surface area contributed by atoms with E-state index in [0.29, 0.717) is 11.3 Å². The van der Waals surface area contributed by atoms with E-state index in [4.69, 9.17) is 28.9 Å². The summed E-state index contributed by atoms with van der Waals surface area (Å²) < 4.78 is 0. The van der Waals surface area contributed by atoms with E-state index in [9.17, 15) is 4.79 Å². The fourth-order valence-corrected chi connectivity index (χ4v) is 1.92. The molecule has 0 saturated heterocycles. The van der Waals surface area contributed by atoms with Gasteiger partial charge in [0.15, 0.2) is 10.3 Å². The zero-order valence-corrected chi connectivity index (χ0v) is 11.5. The molecule has 5 nitrogen and oxygen atoms in total. The molecule has 2 rings (SSSR count). The highest BCUT2D eigenvalue weighted by molar-refractivity contribution is 6.38. The number of nitrogens with two attached hydrogens (primary N) is 1. The Hall–Kier alpha value is -1.85. The Kier molecular flexibility index (Phi) is 3.87. The molecule has 0 saturated carbocycles. The first-order valence-electron chi connectivity index (χ1n) is 5.32. The van der Waals surface area contributed by atoms with Crippen LogP contribution in [0.25, 0.3) is 0 Å². The first-order chi connectivity index (χ1) is 8.99. The van der Waals surface area contributed by atoms with Gasteiger partial charge >= 0.3 is 0 Å². The highest BCUT2D eigenvalue weighted by Crippen LogP contribution is 2.26. The Bertz CT molecular complexity index is 625. The summed E-state index contributed by atoms with van der Waals surface area (Å²) in [4.78, 5) is 19.7. The quantitative estimate of drug-likeness (QED) is 0.659. The van der Waals surface area contributed by atoms with Gasteiger partial charge in [-0.3, -0.25) is 4.79 Å². The smallest absolute Gasteiger partial charge is 0.256 e. The molecule has 0 radical (unpaired) electrons. The van der Waals surface area contributed by atoms with Gasteiger partial charge < -0.3 is 11.1 Å². The zero-order valence-electron chi connectivity index (χ0n) is 9.95. The van der Waals surface area contributed by atoms with Crippen LogP contribution in [-0.2, 0) is 0 Å². The van der Waals surface area contributed by atoms with Crippen molar-refractivity contribution >= 4 is 40.5 Å². The minimum absolute atomic E-state index is 0.0786. The van der Waals surface area contributed by atoms with Crippen LogP contribution in [0.4, 0.5) is 11.4 Å². The van der Waals surface area contributed by atoms with Crippen molar-refractivity contribution in [2.75, 3.05) is 11.1 Å². The molecule has 1 amide bonds. The number of nitrogen functional groups attached to an aromatic ring is 1. The average Bonchev–Trinajstić information content (AvgIpc) is 2.37. The first kappa shape index (κ1) is 13.6. The van der Waals surface area contributed by atoms with Gasteiger partial charge in [-0.25, -0.2) is 9.97 Å². The van der Waals surface area contributed by atoms with Crippen LogP contribution in [-0.4, -0.2) is 15.9 Å². The maximum absolute atomic E-state index is 12.2. The van der Waals surface area contributed by atoms with Gasteiger partial charge in [-0.15, -0.1) is 0 Å². The maximum Gasteiger partial charge on any atom is 0.256 e. The van der Waals surface area contributed by atoms with Crippen LogP contribution in [0.15, 0.2) is 24.5 Å². The van der Waals surface area contributed by atoms with E-state index in [1.807, 2.05) is 0 Å². The van der Waals surface area contributed by atoms with Crippen LogP contribution in [0.5, 0.6) is 0 Å². The molecule has 3 N–H and O–H groups in total. The van der Waals surface area contributed by atoms with Crippen LogP contribution in [0.3, 0.4) is 0 Å². The molecule has 0 aliphatic carbocycles. The summed E-state index contributed by atoms with van der Waals surface area (Å²) in [7, 11) is 0. The van der Waals surface area contributed by atoms with Crippen molar-refractivity contribution < 1.29 is 4.79 Å². The molecule has 1 heterocycles. The molecular weight excluding hydrogens is 287 g/mol. The molecule has 0 bridgehead atoms. The number of hydrogen-bond donors (Lipinski definition) is 2. The van der Waals surface area contributed by atoms with Gasteiger partial charge in [0.2, 0.25) is 0 Å². The molecule has 98 valence electrons. The van der Waals surface area contributed by atoms with E-state index in [1.165, 1.54) is 6.33 Å². The molecule has 19 heavy (non-hydrogen) atoms. The topological polar surface area (TPSA) is 80.9 Å². The van der Waals surface area contributed by atoms with Crippen molar-refractivity contribution in [1.82, 2.24) is 9.97 Å². The van der Waals surface area contributed by atoms with Crippen molar-refractivity contribution in [1.29, 1.82) is 0 Å². The van der Waals surface area contributed by atoms with Crippen molar-refractivity contribution in [2.45, 2.75) is 6.92 Å². The standard InChI is InChI=1S/C12H10Cl2N4O/c1-6-2-3-7(15)4-8(6)12(19)18-9-10(13)16-5-17-11(9)14/h2-5H,15H2,1H3,(H,18,19). The number of carbonyl (C=O) groups is 1. The zero-order chi connectivity index (χ0) is 14.0. The monoisotopic (exact) mass is 296 g/mol. The number of amides is 1. The normalized spacial score (nSPS) is 10.3. The second-order valence-electron chi connectivity index (χ2n) is 3.86. The van der Waals surface area contributed by atoms with Crippen molar-refractivity contribution in [3.05, 3.63) is 46.0 Å². The van der Waals surface area contributed by atoms with Crippen LogP contribution in [0, 0.1) is 6.92 Å². The van der Waals surface area contributed by atoms with E-state index in [1.54, 1.807) is 25.1 Å². The third-order valence-electron chi connectivity index (χ3n) is 2.50. The van der Waals surface area contributed by atoms with Gasteiger partial charge in [0.25, 0.3) is 5.91 Å². The average molecular weight is 297 g/mol. The Labute approximate surface area is 119 Å². The van der Waals surface area contributed by atoms with Crippen molar-refractivity contribution in [3.8, 4) is 0 Å². The Balaban J connectivity index is 2.34. The number of rotatable bonds is 2. The predicted molar refractivity (Wildman–Crippen MR) is 75.6 cm³/mol. The van der Waals surface area contributed by atoms with Gasteiger partial charge in [-0.05, 0) is 24.6 Å². The summed E-state index contributed by atoms with van der Waals surface area (Å²) >= 11 is 11.7. The number of benzene rings is 1. The van der Waals surface area contributed by atoms with Crippen molar-refractivity contribution in [2.24, 2.45) is 0 Å². The van der Waals surface area contributed by atoms with Gasteiger partial charge in [0.05, 0.1) is 0 Å². The number of hydrogen-bond acceptors (Lipinski definition) is 4. The van der Waals surface area contributed by atoms with Crippen LogP contribution in [0.1, 0.15) is 15.9 Å². The molecule has 0 fully saturated rings. The summed E-state index contributed by atoms with van der Waals surface area (Å²) in [5.41, 5.74) is 7.57. The van der Waals surface area contributed by atoms with Crippen LogP contribution < -0.4 is 11.1 Å². The summed E-state index contributed by atoms with van der Waals surface area (Å²) in [6.07, 6.45) is 1.21. The fraction of sp³-hybridized carbons (Fsp3) is 0.0833. The summed E-state index contributed by atoms with van der Waals surface area (Å²) in [5.74, 6) is -0.372. The predicted octanol–water partition coefficient (Wildman–Crippen LogP) is 2.93.